The third-order valence-corrected chi connectivity index (χ3v) is 5.80. The highest BCUT2D eigenvalue weighted by molar-refractivity contribution is 7.99. The maximum atomic E-state index is 12.0. The van der Waals surface area contributed by atoms with Crippen molar-refractivity contribution in [3.8, 4) is 0 Å². The summed E-state index contributed by atoms with van der Waals surface area (Å²) in [5, 5.41) is 3.53. The van der Waals surface area contributed by atoms with Crippen LogP contribution in [0.5, 0.6) is 0 Å². The zero-order chi connectivity index (χ0) is 18.7. The van der Waals surface area contributed by atoms with Crippen molar-refractivity contribution in [2.24, 2.45) is 0 Å². The number of aromatic amines is 1. The summed E-state index contributed by atoms with van der Waals surface area (Å²) in [6.45, 7) is 2.37. The van der Waals surface area contributed by atoms with E-state index in [-0.39, 0.29) is 16.6 Å². The Morgan fingerprint density at radius 3 is 2.62 bits per heavy atom. The Labute approximate surface area is 156 Å². The number of thioether (sulfide) groups is 1. The largest absolute Gasteiger partial charge is 0.351 e. The molecule has 0 unspecified atom stereocenters. The van der Waals surface area contributed by atoms with E-state index in [4.69, 9.17) is 0 Å². The molecule has 0 saturated heterocycles. The molecule has 6 nitrogen and oxygen atoms in total. The molecule has 2 N–H and O–H groups in total. The topological polar surface area (TPSA) is 91.9 Å². The van der Waals surface area contributed by atoms with E-state index in [0.29, 0.717) is 11.7 Å². The van der Waals surface area contributed by atoms with Crippen molar-refractivity contribution >= 4 is 38.5 Å². The van der Waals surface area contributed by atoms with Crippen LogP contribution in [-0.4, -0.2) is 36.3 Å². The quantitative estimate of drug-likeness (QED) is 0.633. The number of nitrogens with one attached hydrogen (secondary N) is 2. The Morgan fingerprint density at radius 1 is 1.19 bits per heavy atom. The van der Waals surface area contributed by atoms with Crippen LogP contribution in [0.4, 0.5) is 0 Å². The lowest BCUT2D eigenvalue weighted by molar-refractivity contribution is -0.118. The van der Waals surface area contributed by atoms with Crippen molar-refractivity contribution in [1.82, 2.24) is 15.3 Å². The second-order valence-electron chi connectivity index (χ2n) is 6.04. The van der Waals surface area contributed by atoms with Crippen LogP contribution in [0.1, 0.15) is 11.1 Å². The molecular formula is C18H19N3O3S2. The lowest BCUT2D eigenvalue weighted by Crippen LogP contribution is -2.24. The van der Waals surface area contributed by atoms with Crippen LogP contribution in [0.2, 0.25) is 0 Å². The Morgan fingerprint density at radius 2 is 1.92 bits per heavy atom. The number of hydrogen-bond acceptors (Lipinski definition) is 5. The van der Waals surface area contributed by atoms with E-state index in [2.05, 4.69) is 15.3 Å². The highest BCUT2D eigenvalue weighted by Gasteiger charge is 2.09. The van der Waals surface area contributed by atoms with Gasteiger partial charge in [0.25, 0.3) is 0 Å². The zero-order valence-corrected chi connectivity index (χ0v) is 16.1. The van der Waals surface area contributed by atoms with Crippen LogP contribution in [0.3, 0.4) is 0 Å². The molecule has 8 heteroatoms. The molecule has 1 heterocycles. The summed E-state index contributed by atoms with van der Waals surface area (Å²) < 4.78 is 22.9. The van der Waals surface area contributed by atoms with Crippen LogP contribution in [-0.2, 0) is 21.2 Å². The van der Waals surface area contributed by atoms with Gasteiger partial charge in [-0.3, -0.25) is 4.79 Å². The van der Waals surface area contributed by atoms with Crippen LogP contribution in [0, 0.1) is 6.92 Å². The summed E-state index contributed by atoms with van der Waals surface area (Å²) in [7, 11) is -3.21. The Hall–Kier alpha value is -2.32. The third kappa shape index (κ3) is 4.64. The average molecular weight is 390 g/mol. The molecule has 0 fully saturated rings. The van der Waals surface area contributed by atoms with Gasteiger partial charge in [0.15, 0.2) is 15.0 Å². The first kappa shape index (κ1) is 18.5. The van der Waals surface area contributed by atoms with Gasteiger partial charge in [-0.2, -0.15) is 0 Å². The van der Waals surface area contributed by atoms with Crippen LogP contribution < -0.4 is 5.32 Å². The van der Waals surface area contributed by atoms with Crippen LogP contribution in [0.15, 0.2) is 52.5 Å². The van der Waals surface area contributed by atoms with Crippen molar-refractivity contribution < 1.29 is 13.2 Å². The van der Waals surface area contributed by atoms with E-state index in [1.165, 1.54) is 18.0 Å². The maximum absolute atomic E-state index is 12.0. The fourth-order valence-corrected chi connectivity index (χ4v) is 3.75. The number of aryl methyl sites for hydroxylation is 1. The normalized spacial score (nSPS) is 11.6. The molecule has 136 valence electrons. The van der Waals surface area contributed by atoms with Gasteiger partial charge in [0.1, 0.15) is 0 Å². The molecule has 3 rings (SSSR count). The van der Waals surface area contributed by atoms with Gasteiger partial charge < -0.3 is 10.3 Å². The van der Waals surface area contributed by atoms with E-state index in [0.717, 1.165) is 22.2 Å². The third-order valence-electron chi connectivity index (χ3n) is 3.80. The molecule has 0 saturated carbocycles. The molecular weight excluding hydrogens is 370 g/mol. The number of sulfone groups is 1. The van der Waals surface area contributed by atoms with Crippen molar-refractivity contribution in [2.45, 2.75) is 23.5 Å². The first-order valence-electron chi connectivity index (χ1n) is 7.96. The predicted molar refractivity (Wildman–Crippen MR) is 103 cm³/mol. The van der Waals surface area contributed by atoms with Gasteiger partial charge >= 0.3 is 0 Å². The molecule has 0 aliphatic carbocycles. The minimum Gasteiger partial charge on any atom is -0.351 e. The lowest BCUT2D eigenvalue weighted by Gasteiger charge is -2.05. The lowest BCUT2D eigenvalue weighted by atomic mass is 10.2. The Bertz CT molecular complexity index is 1040. The standard InChI is InChI=1S/C18H19N3O3S2/c1-12-3-8-15-16(9-12)21-18(20-15)25-11-17(22)19-10-13-4-6-14(7-5-13)26(2,23)24/h3-9H,10-11H2,1-2H3,(H,19,22)(H,20,21). The molecule has 0 bridgehead atoms. The van der Waals surface area contributed by atoms with Gasteiger partial charge in [0, 0.05) is 12.8 Å². The van der Waals surface area contributed by atoms with E-state index < -0.39 is 9.84 Å². The zero-order valence-electron chi connectivity index (χ0n) is 14.4. The van der Waals surface area contributed by atoms with E-state index in [1.807, 2.05) is 25.1 Å². The van der Waals surface area contributed by atoms with Crippen LogP contribution >= 0.6 is 11.8 Å². The monoisotopic (exact) mass is 389 g/mol. The van der Waals surface area contributed by atoms with E-state index >= 15 is 0 Å². The van der Waals surface area contributed by atoms with E-state index in [9.17, 15) is 13.2 Å². The van der Waals surface area contributed by atoms with E-state index in [1.54, 1.807) is 24.3 Å². The minimum atomic E-state index is -3.21. The SMILES string of the molecule is Cc1ccc2nc(SCC(=O)NCc3ccc(S(C)(=O)=O)cc3)[nH]c2c1. The highest BCUT2D eigenvalue weighted by Crippen LogP contribution is 2.20. The minimum absolute atomic E-state index is 0.112. The number of carbonyl (C=O) groups is 1. The van der Waals surface area contributed by atoms with Gasteiger partial charge in [-0.25, -0.2) is 13.4 Å². The summed E-state index contributed by atoms with van der Waals surface area (Å²) >= 11 is 1.34. The Kier molecular flexibility index (Phi) is 5.33. The Balaban J connectivity index is 1.52. The molecule has 1 aromatic heterocycles. The molecule has 0 atom stereocenters. The van der Waals surface area contributed by atoms with Gasteiger partial charge in [-0.05, 0) is 42.3 Å². The number of amides is 1. The maximum Gasteiger partial charge on any atom is 0.230 e. The number of fused-ring (bicyclic) bond motifs is 1. The van der Waals surface area contributed by atoms with Gasteiger partial charge in [-0.15, -0.1) is 0 Å². The molecule has 1 amide bonds. The van der Waals surface area contributed by atoms with Crippen molar-refractivity contribution in [3.63, 3.8) is 0 Å². The summed E-state index contributed by atoms with van der Waals surface area (Å²) in [6, 6.07) is 12.5. The summed E-state index contributed by atoms with van der Waals surface area (Å²) in [4.78, 5) is 19.9. The fourth-order valence-electron chi connectivity index (χ4n) is 2.41. The second-order valence-corrected chi connectivity index (χ2v) is 9.02. The van der Waals surface area contributed by atoms with Crippen molar-refractivity contribution in [3.05, 3.63) is 53.6 Å². The number of imidazole rings is 1. The highest BCUT2D eigenvalue weighted by atomic mass is 32.2. The number of benzene rings is 2. The van der Waals surface area contributed by atoms with Gasteiger partial charge in [-0.1, -0.05) is 30.0 Å². The molecule has 0 aliphatic rings. The molecule has 0 radical (unpaired) electrons. The van der Waals surface area contributed by atoms with Gasteiger partial charge in [0.2, 0.25) is 5.91 Å². The molecule has 0 spiro atoms. The fraction of sp³-hybridized carbons (Fsp3) is 0.222. The number of H-pyrrole nitrogens is 1. The number of rotatable bonds is 6. The molecule has 0 aliphatic heterocycles. The first-order chi connectivity index (χ1) is 12.3. The number of nitrogens with zero attached hydrogens (tertiary/aromatic N) is 1. The summed E-state index contributed by atoms with van der Waals surface area (Å²) in [6.07, 6.45) is 1.17. The average Bonchev–Trinajstić information content (AvgIpc) is 2.99. The van der Waals surface area contributed by atoms with Crippen LogP contribution in [0.25, 0.3) is 11.0 Å². The van der Waals surface area contributed by atoms with Crippen molar-refractivity contribution in [2.75, 3.05) is 12.0 Å². The van der Waals surface area contributed by atoms with Gasteiger partial charge in [0.05, 0.1) is 21.7 Å². The molecule has 26 heavy (non-hydrogen) atoms. The summed E-state index contributed by atoms with van der Waals surface area (Å²) in [5.74, 6) is 0.138. The molecule has 3 aromatic rings. The smallest absolute Gasteiger partial charge is 0.230 e. The number of hydrogen-bond donors (Lipinski definition) is 2. The second kappa shape index (κ2) is 7.51. The number of carbonyl (C=O) groups excluding carboxylic acids is 1. The van der Waals surface area contributed by atoms with Crippen molar-refractivity contribution in [1.29, 1.82) is 0 Å². The molecule has 2 aromatic carbocycles. The first-order valence-corrected chi connectivity index (χ1v) is 10.8. The number of aromatic nitrogens is 2. The predicted octanol–water partition coefficient (Wildman–Crippen LogP) is 2.68. The summed E-state index contributed by atoms with van der Waals surface area (Å²) in [5.41, 5.74) is 3.83.